The maximum Gasteiger partial charge on any atom is 0.326 e. The summed E-state index contributed by atoms with van der Waals surface area (Å²) in [5.41, 5.74) is 1.81. The van der Waals surface area contributed by atoms with Crippen molar-refractivity contribution in [3.63, 3.8) is 0 Å². The molecule has 0 spiro atoms. The summed E-state index contributed by atoms with van der Waals surface area (Å²) in [6.07, 6.45) is 1.41. The largest absolute Gasteiger partial charge is 0.508 e. The number of benzene rings is 1. The molecule has 1 aliphatic rings. The lowest BCUT2D eigenvalue weighted by atomic mass is 10.1. The Kier molecular flexibility index (Phi) is 10.8. The van der Waals surface area contributed by atoms with Crippen molar-refractivity contribution in [1.29, 1.82) is 5.26 Å². The molecule has 0 saturated carbocycles. The number of carbonyl (C=O) groups excluding carboxylic acids is 2. The highest BCUT2D eigenvalue weighted by Crippen LogP contribution is 2.38. The van der Waals surface area contributed by atoms with Crippen LogP contribution in [0.25, 0.3) is 0 Å². The van der Waals surface area contributed by atoms with Gasteiger partial charge < -0.3 is 20.1 Å². The van der Waals surface area contributed by atoms with E-state index in [1.807, 2.05) is 25.1 Å². The van der Waals surface area contributed by atoms with Crippen molar-refractivity contribution < 1.29 is 19.4 Å². The molecule has 3 atom stereocenters. The summed E-state index contributed by atoms with van der Waals surface area (Å²) in [5.74, 6) is -1.29. The van der Waals surface area contributed by atoms with E-state index in [1.54, 1.807) is 17.9 Å². The van der Waals surface area contributed by atoms with Gasteiger partial charge in [0.05, 0.1) is 17.9 Å². The number of ether oxygens (including phenoxy) is 1. The monoisotopic (exact) mass is 476 g/mol. The zero-order valence-corrected chi connectivity index (χ0v) is 20.9. The van der Waals surface area contributed by atoms with Gasteiger partial charge in [0, 0.05) is 30.9 Å². The van der Waals surface area contributed by atoms with Crippen molar-refractivity contribution in [2.45, 2.75) is 57.7 Å². The fourth-order valence-electron chi connectivity index (χ4n) is 3.89. The predicted molar refractivity (Wildman–Crippen MR) is 131 cm³/mol. The van der Waals surface area contributed by atoms with Crippen molar-refractivity contribution in [1.82, 2.24) is 9.80 Å². The molecular weight excluding hydrogens is 440 g/mol. The van der Waals surface area contributed by atoms with Gasteiger partial charge in [-0.05, 0) is 58.0 Å². The SMILES string of the molecule is CCOC(=O)C(C#N)C1S[C@H](CCCNc2ccc(O)c(CN(CC)CC)c2)C(=O)N1CC. The number of anilines is 1. The van der Waals surface area contributed by atoms with Crippen molar-refractivity contribution in [2.24, 2.45) is 5.92 Å². The lowest BCUT2D eigenvalue weighted by Crippen LogP contribution is -2.40. The third kappa shape index (κ3) is 7.02. The van der Waals surface area contributed by atoms with Crippen LogP contribution in [-0.2, 0) is 20.9 Å². The molecule has 1 aromatic carbocycles. The van der Waals surface area contributed by atoms with Gasteiger partial charge in [-0.15, -0.1) is 11.8 Å². The Morgan fingerprint density at radius 1 is 1.33 bits per heavy atom. The summed E-state index contributed by atoms with van der Waals surface area (Å²) in [6, 6.07) is 7.55. The van der Waals surface area contributed by atoms with E-state index >= 15 is 0 Å². The topological polar surface area (TPSA) is 106 Å². The number of carbonyl (C=O) groups is 2. The number of aromatic hydroxyl groups is 1. The Morgan fingerprint density at radius 2 is 2.06 bits per heavy atom. The Balaban J connectivity index is 1.92. The van der Waals surface area contributed by atoms with E-state index in [4.69, 9.17) is 4.74 Å². The van der Waals surface area contributed by atoms with E-state index in [0.717, 1.165) is 30.8 Å². The van der Waals surface area contributed by atoms with Gasteiger partial charge in [0.25, 0.3) is 0 Å². The third-order valence-electron chi connectivity index (χ3n) is 5.81. The second kappa shape index (κ2) is 13.3. The van der Waals surface area contributed by atoms with Crippen LogP contribution in [0.2, 0.25) is 0 Å². The average Bonchev–Trinajstić information content (AvgIpc) is 3.12. The third-order valence-corrected chi connectivity index (χ3v) is 7.39. The molecule has 0 bridgehead atoms. The van der Waals surface area contributed by atoms with Crippen LogP contribution >= 0.6 is 11.8 Å². The number of hydrogen-bond donors (Lipinski definition) is 2. The van der Waals surface area contributed by atoms with E-state index in [-0.39, 0.29) is 17.8 Å². The van der Waals surface area contributed by atoms with Crippen LogP contribution in [0.3, 0.4) is 0 Å². The van der Waals surface area contributed by atoms with Crippen molar-refractivity contribution >= 4 is 29.3 Å². The van der Waals surface area contributed by atoms with Crippen LogP contribution < -0.4 is 5.32 Å². The Morgan fingerprint density at radius 3 is 2.67 bits per heavy atom. The number of nitrogens with one attached hydrogen (secondary N) is 1. The van der Waals surface area contributed by atoms with Crippen LogP contribution in [0.15, 0.2) is 18.2 Å². The molecule has 1 aliphatic heterocycles. The highest BCUT2D eigenvalue weighted by molar-refractivity contribution is 8.01. The van der Waals surface area contributed by atoms with Crippen molar-refractivity contribution in [3.05, 3.63) is 23.8 Å². The molecule has 1 amide bonds. The number of thioether (sulfide) groups is 1. The van der Waals surface area contributed by atoms with Crippen LogP contribution in [0.1, 0.15) is 46.1 Å². The summed E-state index contributed by atoms with van der Waals surface area (Å²) < 4.78 is 5.03. The minimum atomic E-state index is -0.983. The number of rotatable bonds is 13. The van der Waals surface area contributed by atoms with Crippen LogP contribution in [0.5, 0.6) is 5.75 Å². The molecule has 1 aromatic rings. The van der Waals surface area contributed by atoms with Crippen molar-refractivity contribution in [3.8, 4) is 11.8 Å². The van der Waals surface area contributed by atoms with Gasteiger partial charge in [-0.3, -0.25) is 14.5 Å². The standard InChI is InChI=1S/C24H36N4O4S/c1-5-27(6-2)16-17-14-18(11-12-20(17)29)26-13-9-10-21-22(30)28(7-3)23(33-21)19(15-25)24(31)32-8-4/h11-12,14,19,21,23,26,29H,5-10,13,16H2,1-4H3/t19?,21-,23?/m1/s1. The maximum absolute atomic E-state index is 12.8. The first kappa shape index (κ1) is 26.8. The smallest absolute Gasteiger partial charge is 0.326 e. The molecule has 33 heavy (non-hydrogen) atoms. The number of phenolic OH excluding ortho intramolecular Hbond substituents is 1. The van der Waals surface area contributed by atoms with Gasteiger partial charge in [0.1, 0.15) is 11.1 Å². The van der Waals surface area contributed by atoms with E-state index in [1.165, 1.54) is 11.8 Å². The van der Waals surface area contributed by atoms with Gasteiger partial charge in [0.15, 0.2) is 5.92 Å². The molecule has 8 nitrogen and oxygen atoms in total. The summed E-state index contributed by atoms with van der Waals surface area (Å²) in [5, 5.41) is 22.3. The number of nitrogens with zero attached hydrogens (tertiary/aromatic N) is 3. The highest BCUT2D eigenvalue weighted by atomic mass is 32.2. The normalized spacial score (nSPS) is 18.9. The lowest BCUT2D eigenvalue weighted by molar-refractivity contribution is -0.147. The average molecular weight is 477 g/mol. The summed E-state index contributed by atoms with van der Waals surface area (Å²) in [7, 11) is 0. The summed E-state index contributed by atoms with van der Waals surface area (Å²) >= 11 is 1.39. The zero-order valence-electron chi connectivity index (χ0n) is 20.0. The maximum atomic E-state index is 12.8. The molecule has 1 fully saturated rings. The number of phenols is 1. The number of amides is 1. The van der Waals surface area contributed by atoms with Crippen molar-refractivity contribution in [2.75, 3.05) is 38.1 Å². The minimum Gasteiger partial charge on any atom is -0.508 e. The molecule has 182 valence electrons. The molecule has 2 unspecified atom stereocenters. The first-order chi connectivity index (χ1) is 15.9. The molecule has 2 N–H and O–H groups in total. The second-order valence-corrected chi connectivity index (χ2v) is 9.20. The van der Waals surface area contributed by atoms with E-state index in [0.29, 0.717) is 31.8 Å². The fraction of sp³-hybridized carbons (Fsp3) is 0.625. The molecule has 1 saturated heterocycles. The van der Waals surface area contributed by atoms with E-state index < -0.39 is 17.3 Å². The Labute approximate surface area is 201 Å². The summed E-state index contributed by atoms with van der Waals surface area (Å²) in [4.78, 5) is 28.9. The summed E-state index contributed by atoms with van der Waals surface area (Å²) in [6.45, 7) is 11.6. The molecule has 2 rings (SSSR count). The second-order valence-electron chi connectivity index (χ2n) is 7.87. The molecule has 9 heteroatoms. The quantitative estimate of drug-likeness (QED) is 0.253. The molecule has 0 aromatic heterocycles. The number of nitriles is 1. The zero-order chi connectivity index (χ0) is 24.4. The van der Waals surface area contributed by atoms with Gasteiger partial charge in [-0.1, -0.05) is 13.8 Å². The predicted octanol–water partition coefficient (Wildman–Crippen LogP) is 3.42. The molecular formula is C24H36N4O4S. The van der Waals surface area contributed by atoms with Gasteiger partial charge >= 0.3 is 5.97 Å². The van der Waals surface area contributed by atoms with E-state index in [2.05, 4.69) is 24.1 Å². The van der Waals surface area contributed by atoms with Crippen LogP contribution in [0, 0.1) is 17.2 Å². The Bertz CT molecular complexity index is 840. The fourth-order valence-corrected chi connectivity index (χ4v) is 5.51. The molecule has 0 aliphatic carbocycles. The number of esters is 1. The van der Waals surface area contributed by atoms with Gasteiger partial charge in [-0.25, -0.2) is 0 Å². The Hall–Kier alpha value is -2.44. The number of hydrogen-bond acceptors (Lipinski definition) is 8. The first-order valence-corrected chi connectivity index (χ1v) is 12.6. The van der Waals surface area contributed by atoms with Crippen LogP contribution in [-0.4, -0.2) is 70.2 Å². The lowest BCUT2D eigenvalue weighted by Gasteiger charge is -2.24. The minimum absolute atomic E-state index is 0.0248. The van der Waals surface area contributed by atoms with Gasteiger partial charge in [0.2, 0.25) is 5.91 Å². The van der Waals surface area contributed by atoms with E-state index in [9.17, 15) is 20.0 Å². The molecule has 1 heterocycles. The van der Waals surface area contributed by atoms with Gasteiger partial charge in [-0.2, -0.15) is 5.26 Å². The first-order valence-electron chi connectivity index (χ1n) is 11.7. The molecule has 0 radical (unpaired) electrons. The van der Waals surface area contributed by atoms with Crippen LogP contribution in [0.4, 0.5) is 5.69 Å². The highest BCUT2D eigenvalue weighted by Gasteiger charge is 2.46.